The molecule has 0 aliphatic heterocycles. The number of pyridine rings is 1. The lowest BCUT2D eigenvalue weighted by Crippen LogP contribution is -2.11. The maximum atomic E-state index is 12.2. The first kappa shape index (κ1) is 17.4. The van der Waals surface area contributed by atoms with Gasteiger partial charge in [0, 0.05) is 45.4 Å². The van der Waals surface area contributed by atoms with Crippen molar-refractivity contribution in [3.05, 3.63) is 92.9 Å². The number of anilines is 1. The fourth-order valence-corrected chi connectivity index (χ4v) is 3.01. The highest BCUT2D eigenvalue weighted by Gasteiger charge is 2.09. The van der Waals surface area contributed by atoms with Crippen molar-refractivity contribution in [3.8, 4) is 0 Å². The first-order chi connectivity index (χ1) is 12.5. The van der Waals surface area contributed by atoms with Gasteiger partial charge in [-0.25, -0.2) is 0 Å². The first-order valence-corrected chi connectivity index (χ1v) is 8.35. The highest BCUT2D eigenvalue weighted by Crippen LogP contribution is 2.27. The van der Waals surface area contributed by atoms with Gasteiger partial charge in [0.2, 0.25) is 5.56 Å². The number of nitrogens with zero attached hydrogens (tertiary/aromatic N) is 1. The second kappa shape index (κ2) is 7.66. The number of non-ortho nitro benzene ring substituents is 1. The van der Waals surface area contributed by atoms with Crippen molar-refractivity contribution in [2.24, 2.45) is 0 Å². The molecule has 0 spiro atoms. The molecule has 0 saturated heterocycles. The van der Waals surface area contributed by atoms with Crippen molar-refractivity contribution in [1.82, 2.24) is 4.98 Å². The summed E-state index contributed by atoms with van der Waals surface area (Å²) in [6.07, 6.45) is 1.59. The van der Waals surface area contributed by atoms with E-state index < -0.39 is 4.92 Å². The molecule has 0 fully saturated rings. The number of H-pyrrole nitrogens is 1. The quantitative estimate of drug-likeness (QED) is 0.528. The fraction of sp³-hybridized carbons (Fsp3) is 0. The Morgan fingerprint density at radius 3 is 2.31 bits per heavy atom. The van der Waals surface area contributed by atoms with E-state index in [1.807, 2.05) is 12.1 Å². The molecule has 26 heavy (non-hydrogen) atoms. The second-order valence-corrected chi connectivity index (χ2v) is 6.42. The van der Waals surface area contributed by atoms with Crippen molar-refractivity contribution in [2.45, 2.75) is 9.79 Å². The molecule has 3 aromatic rings. The fourth-order valence-electron chi connectivity index (χ4n) is 2.17. The number of carbonyl (C=O) groups excluding carboxylic acids is 1. The summed E-state index contributed by atoms with van der Waals surface area (Å²) in [5.74, 6) is -0.352. The van der Waals surface area contributed by atoms with E-state index in [-0.39, 0.29) is 17.2 Å². The summed E-state index contributed by atoms with van der Waals surface area (Å²) in [5, 5.41) is 13.4. The predicted molar refractivity (Wildman–Crippen MR) is 98.7 cm³/mol. The molecule has 0 saturated carbocycles. The maximum Gasteiger partial charge on any atom is 0.269 e. The standard InChI is InChI=1S/C18H13N3O4S/c22-17-11-16(9-10-19-17)26-15-7-3-13(4-8-15)20-18(23)12-1-5-14(6-2-12)21(24)25/h1-11H,(H,19,22)(H,20,23). The van der Waals surface area contributed by atoms with Crippen LogP contribution in [0.15, 0.2) is 81.4 Å². The van der Waals surface area contributed by atoms with Crippen molar-refractivity contribution in [1.29, 1.82) is 0 Å². The minimum atomic E-state index is -0.515. The van der Waals surface area contributed by atoms with Gasteiger partial charge in [-0.1, -0.05) is 11.8 Å². The molecule has 0 aliphatic rings. The Balaban J connectivity index is 1.66. The van der Waals surface area contributed by atoms with E-state index in [9.17, 15) is 19.7 Å². The van der Waals surface area contributed by atoms with E-state index in [1.54, 1.807) is 24.4 Å². The van der Waals surface area contributed by atoms with Crippen molar-refractivity contribution in [2.75, 3.05) is 5.32 Å². The van der Waals surface area contributed by atoms with Crippen LogP contribution in [0.3, 0.4) is 0 Å². The predicted octanol–water partition coefficient (Wildman–Crippen LogP) is 3.69. The topological polar surface area (TPSA) is 105 Å². The molecule has 2 aromatic carbocycles. The van der Waals surface area contributed by atoms with Crippen molar-refractivity contribution >= 4 is 29.0 Å². The summed E-state index contributed by atoms with van der Waals surface area (Å²) >= 11 is 1.43. The molecule has 130 valence electrons. The third-order valence-corrected chi connectivity index (χ3v) is 4.43. The summed E-state index contributed by atoms with van der Waals surface area (Å²) in [5.41, 5.74) is 0.700. The molecule has 1 aromatic heterocycles. The molecule has 8 heteroatoms. The van der Waals surface area contributed by atoms with Gasteiger partial charge in [0.25, 0.3) is 11.6 Å². The van der Waals surface area contributed by atoms with Gasteiger partial charge in [-0.3, -0.25) is 19.7 Å². The molecular formula is C18H13N3O4S. The number of nitrogens with one attached hydrogen (secondary N) is 2. The molecule has 0 atom stereocenters. The van der Waals surface area contributed by atoms with Crippen LogP contribution >= 0.6 is 11.8 Å². The summed E-state index contributed by atoms with van der Waals surface area (Å²) in [4.78, 5) is 37.9. The number of carbonyl (C=O) groups is 1. The monoisotopic (exact) mass is 367 g/mol. The molecule has 0 bridgehead atoms. The average Bonchev–Trinajstić information content (AvgIpc) is 2.63. The second-order valence-electron chi connectivity index (χ2n) is 5.27. The SMILES string of the molecule is O=C(Nc1ccc(Sc2cc[nH]c(=O)c2)cc1)c1ccc([N+](=O)[O-])cc1. The Labute approximate surface area is 152 Å². The highest BCUT2D eigenvalue weighted by molar-refractivity contribution is 7.99. The van der Waals surface area contributed by atoms with E-state index >= 15 is 0 Å². The van der Waals surface area contributed by atoms with E-state index in [4.69, 9.17) is 0 Å². The summed E-state index contributed by atoms with van der Waals surface area (Å²) in [6, 6.07) is 15.9. The third kappa shape index (κ3) is 4.37. The molecule has 0 aliphatic carbocycles. The zero-order valence-electron chi connectivity index (χ0n) is 13.3. The van der Waals surface area contributed by atoms with Crippen LogP contribution in [-0.4, -0.2) is 15.8 Å². The van der Waals surface area contributed by atoms with Crippen LogP contribution in [0.25, 0.3) is 0 Å². The number of benzene rings is 2. The van der Waals surface area contributed by atoms with Crippen LogP contribution in [0.2, 0.25) is 0 Å². The summed E-state index contributed by atoms with van der Waals surface area (Å²) in [6.45, 7) is 0. The average molecular weight is 367 g/mol. The lowest BCUT2D eigenvalue weighted by molar-refractivity contribution is -0.384. The molecule has 1 heterocycles. The van der Waals surface area contributed by atoms with Gasteiger partial charge < -0.3 is 10.3 Å². The van der Waals surface area contributed by atoms with E-state index in [0.717, 1.165) is 9.79 Å². The van der Waals surface area contributed by atoms with Gasteiger partial charge in [0.15, 0.2) is 0 Å². The number of hydrogen-bond acceptors (Lipinski definition) is 5. The van der Waals surface area contributed by atoms with Crippen LogP contribution in [0.4, 0.5) is 11.4 Å². The van der Waals surface area contributed by atoms with E-state index in [0.29, 0.717) is 11.3 Å². The zero-order chi connectivity index (χ0) is 18.5. The van der Waals surface area contributed by atoms with Crippen molar-refractivity contribution < 1.29 is 9.72 Å². The molecular weight excluding hydrogens is 354 g/mol. The molecule has 0 unspecified atom stereocenters. The molecule has 1 amide bonds. The van der Waals surface area contributed by atoms with Gasteiger partial charge in [-0.05, 0) is 42.5 Å². The Kier molecular flexibility index (Phi) is 5.14. The number of hydrogen-bond donors (Lipinski definition) is 2. The molecule has 7 nitrogen and oxygen atoms in total. The number of aromatic nitrogens is 1. The number of nitro groups is 1. The zero-order valence-corrected chi connectivity index (χ0v) is 14.2. The molecule has 3 rings (SSSR count). The minimum Gasteiger partial charge on any atom is -0.329 e. The van der Waals surface area contributed by atoms with Crippen LogP contribution in [0, 0.1) is 10.1 Å². The maximum absolute atomic E-state index is 12.2. The van der Waals surface area contributed by atoms with Crippen LogP contribution < -0.4 is 10.9 Å². The number of aromatic amines is 1. The van der Waals surface area contributed by atoms with Crippen LogP contribution in [0.1, 0.15) is 10.4 Å². The van der Waals surface area contributed by atoms with Gasteiger partial charge in [-0.15, -0.1) is 0 Å². The van der Waals surface area contributed by atoms with Gasteiger partial charge in [0.05, 0.1) is 4.92 Å². The van der Waals surface area contributed by atoms with E-state index in [1.165, 1.54) is 42.1 Å². The first-order valence-electron chi connectivity index (χ1n) is 7.54. The third-order valence-electron chi connectivity index (χ3n) is 3.43. The highest BCUT2D eigenvalue weighted by atomic mass is 32.2. The summed E-state index contributed by atoms with van der Waals surface area (Å²) < 4.78 is 0. The number of amides is 1. The van der Waals surface area contributed by atoms with Crippen molar-refractivity contribution in [3.63, 3.8) is 0 Å². The smallest absolute Gasteiger partial charge is 0.269 e. The Hall–Kier alpha value is -3.39. The van der Waals surface area contributed by atoms with E-state index in [2.05, 4.69) is 10.3 Å². The Morgan fingerprint density at radius 2 is 1.69 bits per heavy atom. The van der Waals surface area contributed by atoms with Gasteiger partial charge in [-0.2, -0.15) is 0 Å². The Morgan fingerprint density at radius 1 is 1.00 bits per heavy atom. The molecule has 2 N–H and O–H groups in total. The lowest BCUT2D eigenvalue weighted by atomic mass is 10.2. The summed E-state index contributed by atoms with van der Waals surface area (Å²) in [7, 11) is 0. The number of nitro benzene ring substituents is 1. The van der Waals surface area contributed by atoms with Crippen LogP contribution in [-0.2, 0) is 0 Å². The largest absolute Gasteiger partial charge is 0.329 e. The number of rotatable bonds is 5. The normalized spacial score (nSPS) is 10.3. The minimum absolute atomic E-state index is 0.0670. The van der Waals surface area contributed by atoms with Gasteiger partial charge >= 0.3 is 0 Å². The lowest BCUT2D eigenvalue weighted by Gasteiger charge is -2.06. The Bertz CT molecular complexity index is 998. The van der Waals surface area contributed by atoms with Gasteiger partial charge in [0.1, 0.15) is 0 Å². The van der Waals surface area contributed by atoms with Crippen LogP contribution in [0.5, 0.6) is 0 Å². The molecule has 0 radical (unpaired) electrons.